The van der Waals surface area contributed by atoms with Crippen LogP contribution in [0.3, 0.4) is 0 Å². The van der Waals surface area contributed by atoms with E-state index in [4.69, 9.17) is 39.8 Å². The lowest BCUT2D eigenvalue weighted by molar-refractivity contribution is 0.439. The summed E-state index contributed by atoms with van der Waals surface area (Å²) >= 11 is 18.1. The molecule has 1 fully saturated rings. The van der Waals surface area contributed by atoms with Crippen LogP contribution in [-0.4, -0.2) is 10.1 Å². The first kappa shape index (κ1) is 22.0. The minimum atomic E-state index is -0.217. The zero-order chi connectivity index (χ0) is 23.1. The summed E-state index contributed by atoms with van der Waals surface area (Å²) < 4.78 is 6.39. The molecule has 0 unspecified atom stereocenters. The molecule has 4 nitrogen and oxygen atoms in total. The molecular weight excluding hydrogens is 473 g/mol. The van der Waals surface area contributed by atoms with Crippen LogP contribution in [0.2, 0.25) is 10.0 Å². The number of halogens is 2. The number of rotatable bonds is 4. The summed E-state index contributed by atoms with van der Waals surface area (Å²) in [5.74, 6) is 1.49. The molecule has 2 aromatic heterocycles. The Balaban J connectivity index is 1.61. The molecule has 1 aliphatic heterocycles. The molecule has 1 aliphatic rings. The molecule has 0 amide bonds. The van der Waals surface area contributed by atoms with Gasteiger partial charge >= 0.3 is 0 Å². The lowest BCUT2D eigenvalue weighted by atomic mass is 10.0. The van der Waals surface area contributed by atoms with E-state index >= 15 is 0 Å². The minimum absolute atomic E-state index is 0.174. The number of benzene rings is 2. The molecule has 7 heteroatoms. The second-order valence-corrected chi connectivity index (χ2v) is 9.37. The van der Waals surface area contributed by atoms with Gasteiger partial charge in [-0.3, -0.25) is 4.98 Å². The lowest BCUT2D eigenvalue weighted by Gasteiger charge is -2.26. The molecule has 0 aliphatic carbocycles. The van der Waals surface area contributed by atoms with Gasteiger partial charge in [-0.05, 0) is 91.8 Å². The van der Waals surface area contributed by atoms with E-state index in [0.29, 0.717) is 20.9 Å². The largest absolute Gasteiger partial charge is 0.459 e. The van der Waals surface area contributed by atoms with Crippen LogP contribution in [0.4, 0.5) is 5.69 Å². The Kier molecular flexibility index (Phi) is 5.87. The molecule has 33 heavy (non-hydrogen) atoms. The van der Waals surface area contributed by atoms with E-state index in [-0.39, 0.29) is 12.1 Å². The summed E-state index contributed by atoms with van der Waals surface area (Å²) in [5, 5.41) is 5.09. The van der Waals surface area contributed by atoms with E-state index in [2.05, 4.69) is 47.2 Å². The highest BCUT2D eigenvalue weighted by Crippen LogP contribution is 2.43. The third-order valence-corrected chi connectivity index (χ3v) is 6.76. The Bertz CT molecular complexity index is 1320. The van der Waals surface area contributed by atoms with Gasteiger partial charge in [-0.1, -0.05) is 35.3 Å². The number of pyridine rings is 1. The van der Waals surface area contributed by atoms with Gasteiger partial charge in [-0.2, -0.15) is 0 Å². The fourth-order valence-corrected chi connectivity index (χ4v) is 4.97. The summed E-state index contributed by atoms with van der Waals surface area (Å²) in [5.41, 5.74) is 5.11. The predicted octanol–water partition coefficient (Wildman–Crippen LogP) is 7.44. The maximum atomic E-state index is 6.39. The van der Waals surface area contributed by atoms with Crippen LogP contribution < -0.4 is 10.2 Å². The highest BCUT2D eigenvalue weighted by atomic mass is 35.5. The lowest BCUT2D eigenvalue weighted by Crippen LogP contribution is -2.29. The van der Waals surface area contributed by atoms with Crippen LogP contribution in [0.15, 0.2) is 77.3 Å². The molecule has 166 valence electrons. The molecule has 0 radical (unpaired) electrons. The van der Waals surface area contributed by atoms with Gasteiger partial charge in [0.1, 0.15) is 17.6 Å². The van der Waals surface area contributed by atoms with Gasteiger partial charge in [0.15, 0.2) is 5.11 Å². The molecule has 3 heterocycles. The maximum absolute atomic E-state index is 6.39. The summed E-state index contributed by atoms with van der Waals surface area (Å²) in [6.45, 7) is 4.17. The van der Waals surface area contributed by atoms with Crippen LogP contribution in [0.25, 0.3) is 11.3 Å². The topological polar surface area (TPSA) is 41.3 Å². The van der Waals surface area contributed by atoms with Crippen molar-refractivity contribution >= 4 is 46.2 Å². The van der Waals surface area contributed by atoms with Crippen molar-refractivity contribution in [3.05, 3.63) is 106 Å². The minimum Gasteiger partial charge on any atom is -0.459 e. The van der Waals surface area contributed by atoms with Crippen molar-refractivity contribution in [3.63, 3.8) is 0 Å². The number of nitrogens with zero attached hydrogens (tertiary/aromatic N) is 2. The van der Waals surface area contributed by atoms with Crippen LogP contribution in [0, 0.1) is 13.8 Å². The zero-order valence-corrected chi connectivity index (χ0v) is 20.4. The van der Waals surface area contributed by atoms with Gasteiger partial charge in [0, 0.05) is 17.4 Å². The number of aromatic nitrogens is 1. The van der Waals surface area contributed by atoms with Crippen molar-refractivity contribution < 1.29 is 4.42 Å². The monoisotopic (exact) mass is 493 g/mol. The van der Waals surface area contributed by atoms with Gasteiger partial charge in [0.05, 0.1) is 21.8 Å². The van der Waals surface area contributed by atoms with Crippen LogP contribution >= 0.6 is 35.4 Å². The highest BCUT2D eigenvalue weighted by molar-refractivity contribution is 7.80. The van der Waals surface area contributed by atoms with Crippen LogP contribution in [-0.2, 0) is 0 Å². The first-order valence-corrected chi connectivity index (χ1v) is 11.7. The van der Waals surface area contributed by atoms with E-state index < -0.39 is 0 Å². The molecule has 2 aromatic carbocycles. The SMILES string of the molecule is Cc1cc(C)cc(N2C(=S)N[C@@H](c3ccccn3)[C@H]2c2ccc(-c3ccc(Cl)c(Cl)c3)o2)c1. The number of hydrogen-bond donors (Lipinski definition) is 1. The average molecular weight is 494 g/mol. The van der Waals surface area contributed by atoms with E-state index in [9.17, 15) is 0 Å². The summed E-state index contributed by atoms with van der Waals surface area (Å²) in [7, 11) is 0. The first-order chi connectivity index (χ1) is 15.9. The van der Waals surface area contributed by atoms with Crippen molar-refractivity contribution in [1.82, 2.24) is 10.3 Å². The Morgan fingerprint density at radius 3 is 2.42 bits per heavy atom. The molecule has 0 spiro atoms. The Labute approximate surface area is 208 Å². The molecule has 0 bridgehead atoms. The van der Waals surface area contributed by atoms with Gasteiger partial charge < -0.3 is 14.6 Å². The normalized spacial score (nSPS) is 17.9. The smallest absolute Gasteiger partial charge is 0.174 e. The van der Waals surface area contributed by atoms with E-state index in [1.807, 2.05) is 42.5 Å². The fourth-order valence-electron chi connectivity index (χ4n) is 4.33. The van der Waals surface area contributed by atoms with Crippen molar-refractivity contribution in [2.75, 3.05) is 4.90 Å². The van der Waals surface area contributed by atoms with E-state index in [0.717, 1.165) is 22.7 Å². The number of thiocarbonyl (C=S) groups is 1. The zero-order valence-electron chi connectivity index (χ0n) is 18.0. The van der Waals surface area contributed by atoms with Crippen LogP contribution in [0.1, 0.15) is 34.7 Å². The number of anilines is 1. The number of nitrogens with one attached hydrogen (secondary N) is 1. The van der Waals surface area contributed by atoms with Gasteiger partial charge in [0.25, 0.3) is 0 Å². The molecule has 0 saturated carbocycles. The highest BCUT2D eigenvalue weighted by Gasteiger charge is 2.42. The summed E-state index contributed by atoms with van der Waals surface area (Å²) in [6, 6.07) is 21.3. The average Bonchev–Trinajstić information content (AvgIpc) is 3.40. The summed E-state index contributed by atoms with van der Waals surface area (Å²) in [4.78, 5) is 6.72. The molecule has 2 atom stereocenters. The first-order valence-electron chi connectivity index (χ1n) is 10.5. The van der Waals surface area contributed by atoms with Crippen molar-refractivity contribution in [3.8, 4) is 11.3 Å². The fraction of sp³-hybridized carbons (Fsp3) is 0.154. The van der Waals surface area contributed by atoms with Crippen LogP contribution in [0.5, 0.6) is 0 Å². The van der Waals surface area contributed by atoms with Gasteiger partial charge in [0.2, 0.25) is 0 Å². The molecule has 4 aromatic rings. The molecule has 1 saturated heterocycles. The number of hydrogen-bond acceptors (Lipinski definition) is 3. The molecular formula is C26H21Cl2N3OS. The number of furan rings is 1. The van der Waals surface area contributed by atoms with Crippen molar-refractivity contribution in [2.45, 2.75) is 25.9 Å². The van der Waals surface area contributed by atoms with Crippen molar-refractivity contribution in [2.24, 2.45) is 0 Å². The third kappa shape index (κ3) is 4.24. The quantitative estimate of drug-likeness (QED) is 0.299. The van der Waals surface area contributed by atoms with E-state index in [1.165, 1.54) is 11.1 Å². The predicted molar refractivity (Wildman–Crippen MR) is 138 cm³/mol. The maximum Gasteiger partial charge on any atom is 0.174 e. The molecule has 5 rings (SSSR count). The van der Waals surface area contributed by atoms with E-state index in [1.54, 1.807) is 12.3 Å². The molecule has 1 N–H and O–H groups in total. The second-order valence-electron chi connectivity index (χ2n) is 8.17. The Hall–Kier alpha value is -2.86. The second kappa shape index (κ2) is 8.82. The standard InChI is InChI=1S/C26H21Cl2N3OS/c1-15-11-16(2)13-18(12-15)31-25(24(30-26(31)33)21-5-3-4-10-29-21)23-9-8-22(32-23)17-6-7-19(27)20(28)14-17/h3-14,24-25H,1-2H3,(H,30,33)/t24-,25+/m0/s1. The Morgan fingerprint density at radius 2 is 1.73 bits per heavy atom. The van der Waals surface area contributed by atoms with Crippen molar-refractivity contribution in [1.29, 1.82) is 0 Å². The number of aryl methyl sites for hydroxylation is 2. The van der Waals surface area contributed by atoms with Gasteiger partial charge in [-0.15, -0.1) is 0 Å². The van der Waals surface area contributed by atoms with Gasteiger partial charge in [-0.25, -0.2) is 0 Å². The third-order valence-electron chi connectivity index (χ3n) is 5.71. The summed E-state index contributed by atoms with van der Waals surface area (Å²) in [6.07, 6.45) is 1.79. The Morgan fingerprint density at radius 1 is 0.939 bits per heavy atom.